The summed E-state index contributed by atoms with van der Waals surface area (Å²) in [5.41, 5.74) is 3.64. The molecule has 5 nitrogen and oxygen atoms in total. The van der Waals surface area contributed by atoms with Crippen molar-refractivity contribution in [3.05, 3.63) is 53.6 Å². The summed E-state index contributed by atoms with van der Waals surface area (Å²) in [5, 5.41) is 2.83. The molecule has 132 valence electrons. The molecule has 0 saturated carbocycles. The second-order valence-corrected chi connectivity index (χ2v) is 5.99. The molecule has 0 saturated heterocycles. The molecule has 2 aromatic carbocycles. The van der Waals surface area contributed by atoms with E-state index in [1.54, 1.807) is 36.3 Å². The average Bonchev–Trinajstić information content (AvgIpc) is 2.58. The lowest BCUT2D eigenvalue weighted by molar-refractivity contribution is -0.117. The molecule has 25 heavy (non-hydrogen) atoms. The molecule has 0 fully saturated rings. The number of nitrogens with one attached hydrogen (secondary N) is 1. The normalized spacial score (nSPS) is 10.2. The molecule has 0 heterocycles. The van der Waals surface area contributed by atoms with Gasteiger partial charge in [0.2, 0.25) is 11.8 Å². The highest BCUT2D eigenvalue weighted by atomic mass is 16.5. The molecule has 0 aliphatic heterocycles. The fourth-order valence-electron chi connectivity index (χ4n) is 2.57. The van der Waals surface area contributed by atoms with Gasteiger partial charge in [-0.15, -0.1) is 0 Å². The molecule has 1 N–H and O–H groups in total. The van der Waals surface area contributed by atoms with Crippen molar-refractivity contribution in [1.82, 2.24) is 0 Å². The van der Waals surface area contributed by atoms with Crippen LogP contribution in [0.1, 0.15) is 24.5 Å². The monoisotopic (exact) mass is 340 g/mol. The number of carbonyl (C=O) groups is 2. The second kappa shape index (κ2) is 8.33. The number of anilines is 2. The van der Waals surface area contributed by atoms with Crippen molar-refractivity contribution in [3.8, 4) is 5.75 Å². The zero-order valence-corrected chi connectivity index (χ0v) is 15.1. The van der Waals surface area contributed by atoms with E-state index >= 15 is 0 Å². The molecule has 0 aromatic heterocycles. The maximum atomic E-state index is 12.2. The van der Waals surface area contributed by atoms with Crippen LogP contribution in [0.5, 0.6) is 5.75 Å². The van der Waals surface area contributed by atoms with E-state index in [2.05, 4.69) is 5.32 Å². The van der Waals surface area contributed by atoms with E-state index in [-0.39, 0.29) is 18.2 Å². The highest BCUT2D eigenvalue weighted by molar-refractivity contribution is 5.95. The first kappa shape index (κ1) is 18.5. The molecule has 0 bridgehead atoms. The van der Waals surface area contributed by atoms with Gasteiger partial charge in [0.05, 0.1) is 7.11 Å². The fraction of sp³-hybridized carbons (Fsp3) is 0.300. The largest absolute Gasteiger partial charge is 0.497 e. The van der Waals surface area contributed by atoms with Crippen LogP contribution in [0.2, 0.25) is 0 Å². The van der Waals surface area contributed by atoms with Crippen LogP contribution in [0, 0.1) is 13.8 Å². The number of aryl methyl sites for hydroxylation is 2. The van der Waals surface area contributed by atoms with Gasteiger partial charge in [0.15, 0.2) is 0 Å². The van der Waals surface area contributed by atoms with Crippen molar-refractivity contribution in [2.75, 3.05) is 23.9 Å². The van der Waals surface area contributed by atoms with Gasteiger partial charge in [0.1, 0.15) is 5.75 Å². The summed E-state index contributed by atoms with van der Waals surface area (Å²) >= 11 is 0. The quantitative estimate of drug-likeness (QED) is 0.872. The van der Waals surface area contributed by atoms with E-state index in [1.807, 2.05) is 32.0 Å². The maximum absolute atomic E-state index is 12.2. The van der Waals surface area contributed by atoms with Gasteiger partial charge >= 0.3 is 0 Å². The molecule has 0 spiro atoms. The zero-order chi connectivity index (χ0) is 18.4. The summed E-state index contributed by atoms with van der Waals surface area (Å²) in [7, 11) is 1.59. The van der Waals surface area contributed by atoms with E-state index in [0.29, 0.717) is 12.2 Å². The van der Waals surface area contributed by atoms with Crippen LogP contribution in [-0.4, -0.2) is 25.5 Å². The Morgan fingerprint density at radius 2 is 1.76 bits per heavy atom. The minimum atomic E-state index is -0.137. The standard InChI is InChI=1S/C20H24N2O3/c1-14-5-6-15(2)19(13-14)22(16(3)23)12-11-20(24)21-17-7-9-18(25-4)10-8-17/h5-10,13H,11-12H2,1-4H3,(H,21,24). The van der Waals surface area contributed by atoms with Crippen molar-refractivity contribution in [1.29, 1.82) is 0 Å². The van der Waals surface area contributed by atoms with Crippen molar-refractivity contribution in [3.63, 3.8) is 0 Å². The Balaban J connectivity index is 2.01. The Morgan fingerprint density at radius 3 is 2.36 bits per heavy atom. The van der Waals surface area contributed by atoms with Crippen molar-refractivity contribution in [2.24, 2.45) is 0 Å². The Bertz CT molecular complexity index is 754. The molecule has 5 heteroatoms. The third-order valence-electron chi connectivity index (χ3n) is 3.97. The van der Waals surface area contributed by atoms with Gasteiger partial charge in [0.25, 0.3) is 0 Å². The predicted molar refractivity (Wildman–Crippen MR) is 100 cm³/mol. The number of methoxy groups -OCH3 is 1. The number of hydrogen-bond acceptors (Lipinski definition) is 3. The lowest BCUT2D eigenvalue weighted by Crippen LogP contribution is -2.32. The number of carbonyl (C=O) groups excluding carboxylic acids is 2. The molecule has 2 aromatic rings. The molecule has 2 amide bonds. The molecule has 0 unspecified atom stereocenters. The van der Waals surface area contributed by atoms with E-state index in [1.165, 1.54) is 6.92 Å². The average molecular weight is 340 g/mol. The Labute approximate surface area is 148 Å². The van der Waals surface area contributed by atoms with Crippen LogP contribution in [0.4, 0.5) is 11.4 Å². The molecule has 0 radical (unpaired) electrons. The van der Waals surface area contributed by atoms with E-state index in [4.69, 9.17) is 4.74 Å². The van der Waals surface area contributed by atoms with Crippen LogP contribution in [0.25, 0.3) is 0 Å². The number of ether oxygens (including phenoxy) is 1. The minimum absolute atomic E-state index is 0.0778. The van der Waals surface area contributed by atoms with Gasteiger partial charge in [-0.3, -0.25) is 9.59 Å². The molecule has 0 atom stereocenters. The molecule has 0 aliphatic rings. The van der Waals surface area contributed by atoms with Gasteiger partial charge in [-0.2, -0.15) is 0 Å². The van der Waals surface area contributed by atoms with Crippen molar-refractivity contribution in [2.45, 2.75) is 27.2 Å². The summed E-state index contributed by atoms with van der Waals surface area (Å²) in [6.45, 7) is 5.80. The highest BCUT2D eigenvalue weighted by Crippen LogP contribution is 2.22. The van der Waals surface area contributed by atoms with Crippen molar-refractivity contribution >= 4 is 23.2 Å². The van der Waals surface area contributed by atoms with Crippen LogP contribution >= 0.6 is 0 Å². The number of amides is 2. The third kappa shape index (κ3) is 5.08. The predicted octanol–water partition coefficient (Wildman–Crippen LogP) is 3.69. The lowest BCUT2D eigenvalue weighted by atomic mass is 10.1. The Hall–Kier alpha value is -2.82. The van der Waals surface area contributed by atoms with Gasteiger partial charge in [-0.1, -0.05) is 12.1 Å². The van der Waals surface area contributed by atoms with Gasteiger partial charge < -0.3 is 15.0 Å². The van der Waals surface area contributed by atoms with Crippen molar-refractivity contribution < 1.29 is 14.3 Å². The second-order valence-electron chi connectivity index (χ2n) is 5.99. The summed E-state index contributed by atoms with van der Waals surface area (Å²) in [4.78, 5) is 25.9. The Morgan fingerprint density at radius 1 is 1.08 bits per heavy atom. The molecular formula is C20H24N2O3. The number of benzene rings is 2. The summed E-state index contributed by atoms with van der Waals surface area (Å²) in [6, 6.07) is 13.1. The minimum Gasteiger partial charge on any atom is -0.497 e. The van der Waals surface area contributed by atoms with Gasteiger partial charge in [-0.05, 0) is 55.3 Å². The first-order chi connectivity index (χ1) is 11.9. The summed E-state index contributed by atoms with van der Waals surface area (Å²) in [6.07, 6.45) is 0.221. The molecular weight excluding hydrogens is 316 g/mol. The molecule has 0 aliphatic carbocycles. The topological polar surface area (TPSA) is 58.6 Å². The first-order valence-electron chi connectivity index (χ1n) is 8.20. The zero-order valence-electron chi connectivity index (χ0n) is 15.1. The summed E-state index contributed by atoms with van der Waals surface area (Å²) < 4.78 is 5.09. The lowest BCUT2D eigenvalue weighted by Gasteiger charge is -2.23. The van der Waals surface area contributed by atoms with Crippen LogP contribution in [0.3, 0.4) is 0 Å². The maximum Gasteiger partial charge on any atom is 0.226 e. The summed E-state index contributed by atoms with van der Waals surface area (Å²) in [5.74, 6) is 0.517. The van der Waals surface area contributed by atoms with Crippen LogP contribution in [-0.2, 0) is 9.59 Å². The smallest absolute Gasteiger partial charge is 0.226 e. The first-order valence-corrected chi connectivity index (χ1v) is 8.20. The third-order valence-corrected chi connectivity index (χ3v) is 3.97. The van der Waals surface area contributed by atoms with E-state index < -0.39 is 0 Å². The fourth-order valence-corrected chi connectivity index (χ4v) is 2.57. The van der Waals surface area contributed by atoms with Crippen LogP contribution in [0.15, 0.2) is 42.5 Å². The number of nitrogens with zero attached hydrogens (tertiary/aromatic N) is 1. The van der Waals surface area contributed by atoms with Gasteiger partial charge in [-0.25, -0.2) is 0 Å². The Kier molecular flexibility index (Phi) is 6.17. The SMILES string of the molecule is COc1ccc(NC(=O)CCN(C(C)=O)c2cc(C)ccc2C)cc1. The van der Waals surface area contributed by atoms with Gasteiger partial charge in [0, 0.05) is 31.3 Å². The highest BCUT2D eigenvalue weighted by Gasteiger charge is 2.15. The molecule has 2 rings (SSSR count). The number of rotatable bonds is 6. The number of hydrogen-bond donors (Lipinski definition) is 1. The van der Waals surface area contributed by atoms with Crippen LogP contribution < -0.4 is 15.0 Å². The van der Waals surface area contributed by atoms with E-state index in [0.717, 1.165) is 22.6 Å². The van der Waals surface area contributed by atoms with E-state index in [9.17, 15) is 9.59 Å².